The third-order valence-electron chi connectivity index (χ3n) is 4.05. The third-order valence-corrected chi connectivity index (χ3v) is 4.34. The second-order valence-electron chi connectivity index (χ2n) is 6.20. The number of hydrogen-bond acceptors (Lipinski definition) is 4. The molecule has 0 saturated carbocycles. The molecule has 0 amide bonds. The van der Waals surface area contributed by atoms with E-state index in [1.54, 1.807) is 13.3 Å². The van der Waals surface area contributed by atoms with E-state index in [1.165, 1.54) is 0 Å². The topological polar surface area (TPSA) is 54.9 Å². The minimum atomic E-state index is 0.449. The first kappa shape index (κ1) is 20.4. The Morgan fingerprint density at radius 2 is 1.45 bits per heavy atom. The van der Waals surface area contributed by atoms with Gasteiger partial charge < -0.3 is 14.8 Å². The van der Waals surface area contributed by atoms with Crippen molar-refractivity contribution in [1.29, 1.82) is 0 Å². The van der Waals surface area contributed by atoms with E-state index in [4.69, 9.17) is 21.7 Å². The number of nitrogens with zero attached hydrogens (tertiary/aromatic N) is 1. The van der Waals surface area contributed by atoms with Crippen molar-refractivity contribution < 1.29 is 9.47 Å². The summed E-state index contributed by atoms with van der Waals surface area (Å²) >= 11 is 5.01. The minimum absolute atomic E-state index is 0.449. The molecular formula is C23H23N3O2S. The van der Waals surface area contributed by atoms with Crippen molar-refractivity contribution in [2.45, 2.75) is 13.2 Å². The Morgan fingerprint density at radius 1 is 0.862 bits per heavy atom. The van der Waals surface area contributed by atoms with Gasteiger partial charge in [-0.1, -0.05) is 60.7 Å². The summed E-state index contributed by atoms with van der Waals surface area (Å²) in [7, 11) is 1.74. The molecule has 3 rings (SSSR count). The largest absolute Gasteiger partial charge is 0.485 e. The summed E-state index contributed by atoms with van der Waals surface area (Å²) in [6, 6.07) is 25.8. The molecule has 0 aromatic heterocycles. The Morgan fingerprint density at radius 3 is 2.03 bits per heavy atom. The highest BCUT2D eigenvalue weighted by Gasteiger charge is 2.08. The van der Waals surface area contributed by atoms with Gasteiger partial charge in [-0.15, -0.1) is 0 Å². The lowest BCUT2D eigenvalue weighted by molar-refractivity contribution is 0.256. The molecule has 0 fully saturated rings. The fraction of sp³-hybridized carbons (Fsp3) is 0.130. The Bertz CT molecular complexity index is 947. The van der Waals surface area contributed by atoms with Gasteiger partial charge in [0.15, 0.2) is 16.6 Å². The fourth-order valence-electron chi connectivity index (χ4n) is 2.53. The van der Waals surface area contributed by atoms with Crippen LogP contribution in [0.2, 0.25) is 0 Å². The summed E-state index contributed by atoms with van der Waals surface area (Å²) in [6.07, 6.45) is 1.68. The van der Waals surface area contributed by atoms with Crippen molar-refractivity contribution in [3.05, 3.63) is 95.6 Å². The van der Waals surface area contributed by atoms with E-state index in [0.29, 0.717) is 29.8 Å². The molecule has 0 aliphatic heterocycles. The summed E-state index contributed by atoms with van der Waals surface area (Å²) in [5, 5.41) is 7.37. The predicted octanol–water partition coefficient (Wildman–Crippen LogP) is 4.27. The number of benzene rings is 3. The van der Waals surface area contributed by atoms with Gasteiger partial charge in [0.2, 0.25) is 0 Å². The summed E-state index contributed by atoms with van der Waals surface area (Å²) in [5.41, 5.74) is 5.78. The molecule has 0 aliphatic carbocycles. The number of hydrogen-bond donors (Lipinski definition) is 2. The van der Waals surface area contributed by atoms with Crippen LogP contribution >= 0.6 is 12.2 Å². The highest BCUT2D eigenvalue weighted by Crippen LogP contribution is 2.29. The molecular weight excluding hydrogens is 382 g/mol. The molecule has 0 atom stereocenters. The highest BCUT2D eigenvalue weighted by atomic mass is 32.1. The molecule has 148 valence electrons. The van der Waals surface area contributed by atoms with Gasteiger partial charge in [-0.3, -0.25) is 5.43 Å². The average molecular weight is 406 g/mol. The quantitative estimate of drug-likeness (QED) is 0.333. The Hall–Kier alpha value is -3.38. The van der Waals surface area contributed by atoms with E-state index in [0.717, 1.165) is 16.7 Å². The third kappa shape index (κ3) is 6.62. The summed E-state index contributed by atoms with van der Waals surface area (Å²) in [4.78, 5) is 0. The zero-order valence-corrected chi connectivity index (χ0v) is 17.0. The van der Waals surface area contributed by atoms with E-state index in [-0.39, 0.29) is 0 Å². The first-order chi connectivity index (χ1) is 14.2. The monoisotopic (exact) mass is 405 g/mol. The van der Waals surface area contributed by atoms with Crippen LogP contribution in [-0.4, -0.2) is 18.4 Å². The molecule has 0 spiro atoms. The molecule has 6 heteroatoms. The van der Waals surface area contributed by atoms with Gasteiger partial charge >= 0.3 is 0 Å². The number of thiocarbonyl (C=S) groups is 1. The van der Waals surface area contributed by atoms with Gasteiger partial charge in [0.1, 0.15) is 13.2 Å². The van der Waals surface area contributed by atoms with Crippen LogP contribution in [0.15, 0.2) is 84.0 Å². The molecule has 2 N–H and O–H groups in total. The van der Waals surface area contributed by atoms with Crippen LogP contribution in [0.25, 0.3) is 0 Å². The number of hydrazone groups is 1. The van der Waals surface area contributed by atoms with Crippen LogP contribution in [0.5, 0.6) is 11.5 Å². The summed E-state index contributed by atoms with van der Waals surface area (Å²) < 4.78 is 12.1. The highest BCUT2D eigenvalue weighted by molar-refractivity contribution is 7.80. The Balaban J connectivity index is 1.74. The molecule has 0 bridgehead atoms. The maximum Gasteiger partial charge on any atom is 0.186 e. The van der Waals surface area contributed by atoms with Gasteiger partial charge in [-0.05, 0) is 47.1 Å². The standard InChI is InChI=1S/C23H23N3O2S/c1-24-23(29)26-25-15-20-12-13-21(27-16-18-8-4-2-5-9-18)22(14-20)28-17-19-10-6-3-7-11-19/h2-15H,16-17H2,1H3,(H2,24,26,29). The maximum atomic E-state index is 6.06. The lowest BCUT2D eigenvalue weighted by Gasteiger charge is -2.14. The Kier molecular flexibility index (Phi) is 7.60. The van der Waals surface area contributed by atoms with Crippen molar-refractivity contribution >= 4 is 23.5 Å². The van der Waals surface area contributed by atoms with E-state index >= 15 is 0 Å². The van der Waals surface area contributed by atoms with E-state index in [2.05, 4.69) is 15.8 Å². The van der Waals surface area contributed by atoms with Crippen LogP contribution in [0.1, 0.15) is 16.7 Å². The molecule has 29 heavy (non-hydrogen) atoms. The van der Waals surface area contributed by atoms with Crippen LogP contribution in [0.3, 0.4) is 0 Å². The average Bonchev–Trinajstić information content (AvgIpc) is 2.78. The lowest BCUT2D eigenvalue weighted by Crippen LogP contribution is -2.28. The number of rotatable bonds is 8. The van der Waals surface area contributed by atoms with Gasteiger partial charge in [-0.2, -0.15) is 5.10 Å². The first-order valence-electron chi connectivity index (χ1n) is 9.23. The predicted molar refractivity (Wildman–Crippen MR) is 120 cm³/mol. The van der Waals surface area contributed by atoms with E-state index in [1.807, 2.05) is 78.9 Å². The van der Waals surface area contributed by atoms with Crippen molar-refractivity contribution in [1.82, 2.24) is 10.7 Å². The van der Waals surface area contributed by atoms with Gasteiger partial charge in [0, 0.05) is 7.05 Å². The second-order valence-corrected chi connectivity index (χ2v) is 6.61. The molecule has 0 unspecified atom stereocenters. The molecule has 3 aromatic rings. The molecule has 0 heterocycles. The number of ether oxygens (including phenoxy) is 2. The minimum Gasteiger partial charge on any atom is -0.485 e. The van der Waals surface area contributed by atoms with E-state index in [9.17, 15) is 0 Å². The number of nitrogens with one attached hydrogen (secondary N) is 2. The summed E-state index contributed by atoms with van der Waals surface area (Å²) in [5.74, 6) is 1.34. The zero-order valence-electron chi connectivity index (χ0n) is 16.2. The molecule has 0 radical (unpaired) electrons. The van der Waals surface area contributed by atoms with Gasteiger partial charge in [-0.25, -0.2) is 0 Å². The lowest BCUT2D eigenvalue weighted by atomic mass is 10.2. The normalized spacial score (nSPS) is 10.5. The van der Waals surface area contributed by atoms with E-state index < -0.39 is 0 Å². The Labute approximate surface area is 176 Å². The summed E-state index contributed by atoms with van der Waals surface area (Å²) in [6.45, 7) is 0.916. The van der Waals surface area contributed by atoms with Gasteiger partial charge in [0.05, 0.1) is 6.21 Å². The second kappa shape index (κ2) is 10.8. The zero-order chi connectivity index (χ0) is 20.3. The maximum absolute atomic E-state index is 6.06. The van der Waals surface area contributed by atoms with Crippen molar-refractivity contribution in [3.63, 3.8) is 0 Å². The van der Waals surface area contributed by atoms with Crippen molar-refractivity contribution in [2.75, 3.05) is 7.05 Å². The van der Waals surface area contributed by atoms with Crippen molar-refractivity contribution in [2.24, 2.45) is 5.10 Å². The van der Waals surface area contributed by atoms with Crippen LogP contribution < -0.4 is 20.2 Å². The fourth-order valence-corrected chi connectivity index (χ4v) is 2.58. The van der Waals surface area contributed by atoms with Crippen molar-refractivity contribution in [3.8, 4) is 11.5 Å². The van der Waals surface area contributed by atoms with Crippen LogP contribution in [0.4, 0.5) is 0 Å². The molecule has 3 aromatic carbocycles. The van der Waals surface area contributed by atoms with Gasteiger partial charge in [0.25, 0.3) is 0 Å². The smallest absolute Gasteiger partial charge is 0.186 e. The molecule has 0 aliphatic rings. The SMILES string of the molecule is CNC(=S)NN=Cc1ccc(OCc2ccccc2)c(OCc2ccccc2)c1. The molecule has 5 nitrogen and oxygen atoms in total. The van der Waals surface area contributed by atoms with Crippen LogP contribution in [-0.2, 0) is 13.2 Å². The first-order valence-corrected chi connectivity index (χ1v) is 9.63. The van der Waals surface area contributed by atoms with Crippen LogP contribution in [0, 0.1) is 0 Å². The molecule has 0 saturated heterocycles.